The highest BCUT2D eigenvalue weighted by Crippen LogP contribution is 2.36. The highest BCUT2D eigenvalue weighted by molar-refractivity contribution is 5.98. The topological polar surface area (TPSA) is 49.4 Å². The Labute approximate surface area is 214 Å². The maximum absolute atomic E-state index is 13.3. The van der Waals surface area contributed by atoms with Gasteiger partial charge in [-0.15, -0.1) is 0 Å². The van der Waals surface area contributed by atoms with E-state index in [0.29, 0.717) is 29.6 Å². The molecular formula is C32H36N2O2. The van der Waals surface area contributed by atoms with Crippen molar-refractivity contribution in [3.05, 3.63) is 107 Å². The molecule has 2 atom stereocenters. The molecule has 1 heterocycles. The standard InChI is InChI=1S/C32H36N2O2/c35-31(33-22-21-29(24-10-3-1-4-11-24)25-12-5-2-6-13-25)27-17-19-28(20-18-27)32(36)34-23-9-15-26-14-7-8-16-30(26)34/h1-6,10-13,17-20,26,29-30H,7-9,14-16,21-23H2,(H,33,35). The molecular weight excluding hydrogens is 444 g/mol. The van der Waals surface area contributed by atoms with Gasteiger partial charge < -0.3 is 10.2 Å². The van der Waals surface area contributed by atoms with Gasteiger partial charge in [-0.05, 0) is 73.4 Å². The van der Waals surface area contributed by atoms with Crippen molar-refractivity contribution in [3.8, 4) is 0 Å². The number of carbonyl (C=O) groups is 2. The van der Waals surface area contributed by atoms with Crippen molar-refractivity contribution >= 4 is 11.8 Å². The highest BCUT2D eigenvalue weighted by Gasteiger charge is 2.35. The predicted octanol–water partition coefficient (Wildman–Crippen LogP) is 6.43. The normalized spacial score (nSPS) is 19.5. The number of piperidine rings is 1. The third-order valence-electron chi connectivity index (χ3n) is 8.02. The number of benzene rings is 3. The van der Waals surface area contributed by atoms with Gasteiger partial charge in [0.15, 0.2) is 0 Å². The molecule has 0 aromatic heterocycles. The van der Waals surface area contributed by atoms with Gasteiger partial charge in [-0.3, -0.25) is 9.59 Å². The second-order valence-electron chi connectivity index (χ2n) is 10.2. The zero-order valence-electron chi connectivity index (χ0n) is 20.9. The van der Waals surface area contributed by atoms with E-state index in [0.717, 1.165) is 25.8 Å². The van der Waals surface area contributed by atoms with Crippen LogP contribution >= 0.6 is 0 Å². The van der Waals surface area contributed by atoms with Gasteiger partial charge >= 0.3 is 0 Å². The zero-order chi connectivity index (χ0) is 24.7. The lowest BCUT2D eigenvalue weighted by Gasteiger charge is -2.44. The Hall–Kier alpha value is -3.40. The fourth-order valence-electron chi connectivity index (χ4n) is 6.14. The number of carbonyl (C=O) groups excluding carboxylic acids is 2. The molecule has 186 valence electrons. The monoisotopic (exact) mass is 480 g/mol. The predicted molar refractivity (Wildman–Crippen MR) is 144 cm³/mol. The molecule has 3 aromatic carbocycles. The molecule has 36 heavy (non-hydrogen) atoms. The minimum Gasteiger partial charge on any atom is -0.352 e. The van der Waals surface area contributed by atoms with Crippen molar-refractivity contribution in [1.82, 2.24) is 10.2 Å². The lowest BCUT2D eigenvalue weighted by molar-refractivity contribution is 0.0390. The van der Waals surface area contributed by atoms with E-state index in [4.69, 9.17) is 0 Å². The molecule has 0 bridgehead atoms. The number of nitrogens with one attached hydrogen (secondary N) is 1. The number of nitrogens with zero attached hydrogens (tertiary/aromatic N) is 1. The average molecular weight is 481 g/mol. The Morgan fingerprint density at radius 2 is 1.33 bits per heavy atom. The second kappa shape index (κ2) is 11.6. The minimum absolute atomic E-state index is 0.0980. The molecule has 1 saturated heterocycles. The number of hydrogen-bond donors (Lipinski definition) is 1. The Bertz CT molecular complexity index is 1100. The number of amides is 2. The quantitative estimate of drug-likeness (QED) is 0.423. The Balaban J connectivity index is 1.19. The molecule has 4 nitrogen and oxygen atoms in total. The van der Waals surface area contributed by atoms with Crippen molar-refractivity contribution in [2.45, 2.75) is 56.9 Å². The summed E-state index contributed by atoms with van der Waals surface area (Å²) in [5.74, 6) is 0.907. The third kappa shape index (κ3) is 5.53. The van der Waals surface area contributed by atoms with E-state index in [1.54, 1.807) is 12.1 Å². The number of rotatable bonds is 7. The van der Waals surface area contributed by atoms with Crippen molar-refractivity contribution in [2.75, 3.05) is 13.1 Å². The Morgan fingerprint density at radius 1 is 0.750 bits per heavy atom. The molecule has 0 radical (unpaired) electrons. The number of fused-ring (bicyclic) bond motifs is 1. The number of hydrogen-bond acceptors (Lipinski definition) is 2. The summed E-state index contributed by atoms with van der Waals surface area (Å²) >= 11 is 0. The molecule has 0 spiro atoms. The van der Waals surface area contributed by atoms with Gasteiger partial charge in [0.05, 0.1) is 0 Å². The Kier molecular flexibility index (Phi) is 7.80. The van der Waals surface area contributed by atoms with Crippen LogP contribution in [0.3, 0.4) is 0 Å². The van der Waals surface area contributed by atoms with Gasteiger partial charge in [0, 0.05) is 36.2 Å². The van der Waals surface area contributed by atoms with Crippen LogP contribution in [0.1, 0.15) is 82.7 Å². The molecule has 2 aliphatic rings. The molecule has 2 amide bonds. The molecule has 1 saturated carbocycles. The van der Waals surface area contributed by atoms with Crippen LogP contribution < -0.4 is 5.32 Å². The van der Waals surface area contributed by atoms with Crippen LogP contribution in [0.5, 0.6) is 0 Å². The van der Waals surface area contributed by atoms with E-state index in [2.05, 4.69) is 58.7 Å². The highest BCUT2D eigenvalue weighted by atomic mass is 16.2. The van der Waals surface area contributed by atoms with Crippen LogP contribution in [-0.2, 0) is 0 Å². The first-order valence-electron chi connectivity index (χ1n) is 13.5. The molecule has 3 aromatic rings. The first-order chi connectivity index (χ1) is 17.7. The Morgan fingerprint density at radius 3 is 2.00 bits per heavy atom. The lowest BCUT2D eigenvalue weighted by atomic mass is 9.78. The van der Waals surface area contributed by atoms with Gasteiger partial charge in [-0.2, -0.15) is 0 Å². The molecule has 1 aliphatic carbocycles. The fraction of sp³-hybridized carbons (Fsp3) is 0.375. The first-order valence-corrected chi connectivity index (χ1v) is 13.5. The molecule has 1 aliphatic heterocycles. The number of likely N-dealkylation sites (tertiary alicyclic amines) is 1. The van der Waals surface area contributed by atoms with Crippen molar-refractivity contribution in [3.63, 3.8) is 0 Å². The van der Waals surface area contributed by atoms with Crippen LogP contribution in [0, 0.1) is 5.92 Å². The van der Waals surface area contributed by atoms with Crippen molar-refractivity contribution in [2.24, 2.45) is 5.92 Å². The smallest absolute Gasteiger partial charge is 0.254 e. The van der Waals surface area contributed by atoms with Crippen LogP contribution in [0.25, 0.3) is 0 Å². The third-order valence-corrected chi connectivity index (χ3v) is 8.02. The maximum atomic E-state index is 13.3. The van der Waals surface area contributed by atoms with Crippen molar-refractivity contribution < 1.29 is 9.59 Å². The molecule has 1 N–H and O–H groups in total. The fourth-order valence-corrected chi connectivity index (χ4v) is 6.14. The SMILES string of the molecule is O=C(NCCC(c1ccccc1)c1ccccc1)c1ccc(C(=O)N2CCCC3CCCCC32)cc1. The summed E-state index contributed by atoms with van der Waals surface area (Å²) in [5, 5.41) is 3.08. The van der Waals surface area contributed by atoms with Crippen LogP contribution in [-0.4, -0.2) is 35.8 Å². The summed E-state index contributed by atoms with van der Waals surface area (Å²) in [6.45, 7) is 1.43. The maximum Gasteiger partial charge on any atom is 0.254 e. The van der Waals surface area contributed by atoms with E-state index >= 15 is 0 Å². The van der Waals surface area contributed by atoms with Gasteiger partial charge in [-0.25, -0.2) is 0 Å². The average Bonchev–Trinajstić information content (AvgIpc) is 2.95. The summed E-state index contributed by atoms with van der Waals surface area (Å²) < 4.78 is 0. The largest absolute Gasteiger partial charge is 0.352 e. The molecule has 2 unspecified atom stereocenters. The summed E-state index contributed by atoms with van der Waals surface area (Å²) in [6, 6.07) is 28.5. The van der Waals surface area contributed by atoms with Crippen LogP contribution in [0.4, 0.5) is 0 Å². The van der Waals surface area contributed by atoms with Gasteiger partial charge in [0.25, 0.3) is 11.8 Å². The summed E-state index contributed by atoms with van der Waals surface area (Å²) in [6.07, 6.45) is 8.06. The van der Waals surface area contributed by atoms with Gasteiger partial charge in [-0.1, -0.05) is 73.5 Å². The zero-order valence-corrected chi connectivity index (χ0v) is 20.9. The van der Waals surface area contributed by atoms with Gasteiger partial charge in [0.2, 0.25) is 0 Å². The molecule has 4 heteroatoms. The second-order valence-corrected chi connectivity index (χ2v) is 10.2. The van der Waals surface area contributed by atoms with Gasteiger partial charge in [0.1, 0.15) is 0 Å². The van der Waals surface area contributed by atoms with Crippen LogP contribution in [0.15, 0.2) is 84.9 Å². The van der Waals surface area contributed by atoms with Crippen molar-refractivity contribution in [1.29, 1.82) is 0 Å². The van der Waals surface area contributed by atoms with E-state index < -0.39 is 0 Å². The van der Waals surface area contributed by atoms with E-state index in [1.807, 2.05) is 24.3 Å². The lowest BCUT2D eigenvalue weighted by Crippen LogP contribution is -2.49. The summed E-state index contributed by atoms with van der Waals surface area (Å²) in [7, 11) is 0. The molecule has 2 fully saturated rings. The molecule has 5 rings (SSSR count). The van der Waals surface area contributed by atoms with E-state index in [1.165, 1.54) is 36.8 Å². The summed E-state index contributed by atoms with van der Waals surface area (Å²) in [5.41, 5.74) is 3.78. The van der Waals surface area contributed by atoms with E-state index in [-0.39, 0.29) is 17.7 Å². The van der Waals surface area contributed by atoms with E-state index in [9.17, 15) is 9.59 Å². The minimum atomic E-state index is -0.0980. The first kappa shape index (κ1) is 24.3. The summed E-state index contributed by atoms with van der Waals surface area (Å²) in [4.78, 5) is 28.2. The van der Waals surface area contributed by atoms with Crippen LogP contribution in [0.2, 0.25) is 0 Å².